The smallest absolute Gasteiger partial charge is 0.312 e. The SMILES string of the molecule is CCC(C)(C)C(=O)OC(C)(C)C1CCCCC1.CCC(C)(C)C(=O)OC1CCCCC1. The summed E-state index contributed by atoms with van der Waals surface area (Å²) in [5.41, 5.74) is -0.965. The highest BCUT2D eigenvalue weighted by Crippen LogP contribution is 2.36. The van der Waals surface area contributed by atoms with Crippen LogP contribution in [-0.4, -0.2) is 23.6 Å². The second kappa shape index (κ2) is 12.3. The Balaban J connectivity index is 0.000000316. The maximum atomic E-state index is 12.1. The Kier molecular flexibility index (Phi) is 11.1. The van der Waals surface area contributed by atoms with E-state index in [0.29, 0.717) is 5.92 Å². The number of ether oxygens (including phenoxy) is 2. The normalized spacial score (nSPS) is 19.2. The molecule has 2 saturated carbocycles. The molecule has 0 aromatic heterocycles. The Morgan fingerprint density at radius 2 is 1.10 bits per heavy atom. The monoisotopic (exact) mass is 438 g/mol. The van der Waals surface area contributed by atoms with Crippen LogP contribution in [0.25, 0.3) is 0 Å². The number of carbonyl (C=O) groups excluding carboxylic acids is 2. The molecule has 0 bridgehead atoms. The first kappa shape index (κ1) is 28.0. The number of esters is 2. The van der Waals surface area contributed by atoms with Crippen molar-refractivity contribution in [3.05, 3.63) is 0 Å². The standard InChI is InChI=1S/C15H28O2.C12H22O2/c1-6-14(2,3)13(16)17-15(4,5)12-10-8-7-9-11-12;1-4-12(2,3)11(13)14-10-8-6-5-7-9-10/h12H,6-11H2,1-5H3;10H,4-9H2,1-3H3. The molecule has 0 saturated heterocycles. The summed E-state index contributed by atoms with van der Waals surface area (Å²) in [5.74, 6) is 0.468. The van der Waals surface area contributed by atoms with Gasteiger partial charge in [-0.3, -0.25) is 9.59 Å². The number of hydrogen-bond donors (Lipinski definition) is 0. The fraction of sp³-hybridized carbons (Fsp3) is 0.926. The van der Waals surface area contributed by atoms with E-state index in [2.05, 4.69) is 13.8 Å². The predicted octanol–water partition coefficient (Wildman–Crippen LogP) is 7.62. The number of carbonyl (C=O) groups is 2. The van der Waals surface area contributed by atoms with Crippen LogP contribution in [0.1, 0.15) is 132 Å². The lowest BCUT2D eigenvalue weighted by molar-refractivity contribution is -0.174. The molecule has 0 aromatic rings. The molecule has 4 nitrogen and oxygen atoms in total. The Bertz CT molecular complexity index is 550. The minimum Gasteiger partial charge on any atom is -0.462 e. The second-order valence-electron chi connectivity index (χ2n) is 11.5. The van der Waals surface area contributed by atoms with Crippen molar-refractivity contribution in [3.63, 3.8) is 0 Å². The van der Waals surface area contributed by atoms with Crippen LogP contribution in [0.15, 0.2) is 0 Å². The summed E-state index contributed by atoms with van der Waals surface area (Å²) in [6.45, 7) is 16.1. The molecule has 0 N–H and O–H groups in total. The van der Waals surface area contributed by atoms with Gasteiger partial charge in [0.1, 0.15) is 11.7 Å². The third kappa shape index (κ3) is 9.14. The van der Waals surface area contributed by atoms with Gasteiger partial charge in [0.05, 0.1) is 10.8 Å². The fourth-order valence-corrected chi connectivity index (χ4v) is 4.04. The van der Waals surface area contributed by atoms with Crippen molar-refractivity contribution in [2.45, 2.75) is 144 Å². The summed E-state index contributed by atoms with van der Waals surface area (Å²) < 4.78 is 11.3. The van der Waals surface area contributed by atoms with E-state index in [4.69, 9.17) is 9.47 Å². The maximum Gasteiger partial charge on any atom is 0.312 e. The van der Waals surface area contributed by atoms with Gasteiger partial charge in [-0.1, -0.05) is 39.5 Å². The minimum atomic E-state index is -0.355. The Morgan fingerprint density at radius 3 is 1.55 bits per heavy atom. The average Bonchev–Trinajstić information content (AvgIpc) is 2.75. The molecule has 0 spiro atoms. The van der Waals surface area contributed by atoms with Gasteiger partial charge in [-0.2, -0.15) is 0 Å². The molecule has 0 radical (unpaired) electrons. The molecule has 2 aliphatic rings. The van der Waals surface area contributed by atoms with E-state index in [1.54, 1.807) is 0 Å². The third-order valence-corrected chi connectivity index (χ3v) is 7.64. The Labute approximate surface area is 192 Å². The van der Waals surface area contributed by atoms with Crippen LogP contribution < -0.4 is 0 Å². The average molecular weight is 439 g/mol. The zero-order chi connectivity index (χ0) is 23.7. The summed E-state index contributed by atoms with van der Waals surface area (Å²) in [6, 6.07) is 0. The summed E-state index contributed by atoms with van der Waals surface area (Å²) >= 11 is 0. The first-order chi connectivity index (χ1) is 14.4. The highest BCUT2D eigenvalue weighted by Gasteiger charge is 2.38. The molecule has 0 heterocycles. The summed E-state index contributed by atoms with van der Waals surface area (Å²) in [7, 11) is 0. The van der Waals surface area contributed by atoms with Crippen molar-refractivity contribution in [2.75, 3.05) is 0 Å². The van der Waals surface area contributed by atoms with Crippen molar-refractivity contribution in [1.82, 2.24) is 0 Å². The number of rotatable bonds is 7. The molecule has 0 aromatic carbocycles. The first-order valence-corrected chi connectivity index (χ1v) is 12.8. The molecule has 2 rings (SSSR count). The molecule has 31 heavy (non-hydrogen) atoms. The molecule has 0 amide bonds. The van der Waals surface area contributed by atoms with Crippen LogP contribution in [0, 0.1) is 16.7 Å². The molecular weight excluding hydrogens is 388 g/mol. The van der Waals surface area contributed by atoms with Crippen LogP contribution >= 0.6 is 0 Å². The summed E-state index contributed by atoms with van der Waals surface area (Å²) in [6.07, 6.45) is 14.0. The van der Waals surface area contributed by atoms with Crippen molar-refractivity contribution >= 4 is 11.9 Å². The van der Waals surface area contributed by atoms with Gasteiger partial charge in [-0.05, 0) is 98.8 Å². The largest absolute Gasteiger partial charge is 0.462 e. The quantitative estimate of drug-likeness (QED) is 0.383. The van der Waals surface area contributed by atoms with E-state index in [1.807, 2.05) is 41.5 Å². The van der Waals surface area contributed by atoms with Crippen molar-refractivity contribution in [1.29, 1.82) is 0 Å². The van der Waals surface area contributed by atoms with E-state index >= 15 is 0 Å². The predicted molar refractivity (Wildman–Crippen MR) is 128 cm³/mol. The first-order valence-electron chi connectivity index (χ1n) is 12.8. The lowest BCUT2D eigenvalue weighted by Gasteiger charge is -2.38. The van der Waals surface area contributed by atoms with E-state index in [0.717, 1.165) is 25.7 Å². The van der Waals surface area contributed by atoms with Gasteiger partial charge in [0.15, 0.2) is 0 Å². The van der Waals surface area contributed by atoms with Gasteiger partial charge < -0.3 is 9.47 Å². The van der Waals surface area contributed by atoms with Crippen LogP contribution in [0.5, 0.6) is 0 Å². The van der Waals surface area contributed by atoms with Gasteiger partial charge >= 0.3 is 11.9 Å². The lowest BCUT2D eigenvalue weighted by Crippen LogP contribution is -2.41. The Morgan fingerprint density at radius 1 is 0.677 bits per heavy atom. The van der Waals surface area contributed by atoms with E-state index in [9.17, 15) is 9.59 Å². The highest BCUT2D eigenvalue weighted by molar-refractivity contribution is 5.76. The second-order valence-corrected chi connectivity index (χ2v) is 11.5. The molecule has 2 aliphatic carbocycles. The van der Waals surface area contributed by atoms with Crippen LogP contribution in [0.2, 0.25) is 0 Å². The van der Waals surface area contributed by atoms with Gasteiger partial charge in [0.2, 0.25) is 0 Å². The molecule has 0 atom stereocenters. The maximum absolute atomic E-state index is 12.1. The fourth-order valence-electron chi connectivity index (χ4n) is 4.04. The van der Waals surface area contributed by atoms with Gasteiger partial charge in [-0.15, -0.1) is 0 Å². The highest BCUT2D eigenvalue weighted by atomic mass is 16.6. The lowest BCUT2D eigenvalue weighted by atomic mass is 9.78. The topological polar surface area (TPSA) is 52.6 Å². The summed E-state index contributed by atoms with van der Waals surface area (Å²) in [5, 5.41) is 0. The molecular formula is C27H50O4. The summed E-state index contributed by atoms with van der Waals surface area (Å²) in [4.78, 5) is 23.9. The zero-order valence-corrected chi connectivity index (χ0v) is 21.8. The molecule has 182 valence electrons. The van der Waals surface area contributed by atoms with Gasteiger partial charge in [-0.25, -0.2) is 0 Å². The van der Waals surface area contributed by atoms with Gasteiger partial charge in [0.25, 0.3) is 0 Å². The number of hydrogen-bond acceptors (Lipinski definition) is 4. The van der Waals surface area contributed by atoms with Crippen molar-refractivity contribution in [2.24, 2.45) is 16.7 Å². The van der Waals surface area contributed by atoms with Crippen molar-refractivity contribution in [3.8, 4) is 0 Å². The van der Waals surface area contributed by atoms with E-state index in [-0.39, 0.29) is 34.5 Å². The zero-order valence-electron chi connectivity index (χ0n) is 21.8. The molecule has 0 aliphatic heterocycles. The van der Waals surface area contributed by atoms with Crippen LogP contribution in [-0.2, 0) is 19.1 Å². The van der Waals surface area contributed by atoms with Crippen LogP contribution in [0.3, 0.4) is 0 Å². The molecule has 4 heteroatoms. The minimum absolute atomic E-state index is 0.0214. The molecule has 2 fully saturated rings. The van der Waals surface area contributed by atoms with E-state index in [1.165, 1.54) is 51.4 Å². The molecule has 0 unspecified atom stereocenters. The van der Waals surface area contributed by atoms with Crippen molar-refractivity contribution < 1.29 is 19.1 Å². The van der Waals surface area contributed by atoms with E-state index < -0.39 is 0 Å². The third-order valence-electron chi connectivity index (χ3n) is 7.64. The van der Waals surface area contributed by atoms with Crippen LogP contribution in [0.4, 0.5) is 0 Å². The van der Waals surface area contributed by atoms with Gasteiger partial charge in [0, 0.05) is 0 Å². The Hall–Kier alpha value is -1.06.